The number of hydrogen-bond donors (Lipinski definition) is 2. The summed E-state index contributed by atoms with van der Waals surface area (Å²) in [5, 5.41) is 13.2. The van der Waals surface area contributed by atoms with Crippen molar-refractivity contribution >= 4 is 15.9 Å². The van der Waals surface area contributed by atoms with Crippen LogP contribution >= 0.6 is 15.9 Å². The number of rotatable bonds is 4. The quantitative estimate of drug-likeness (QED) is 0.895. The zero-order valence-electron chi connectivity index (χ0n) is 10.6. The van der Waals surface area contributed by atoms with E-state index in [0.29, 0.717) is 6.54 Å². The van der Waals surface area contributed by atoms with Gasteiger partial charge in [0.2, 0.25) is 0 Å². The van der Waals surface area contributed by atoms with Gasteiger partial charge in [0.15, 0.2) is 0 Å². The van der Waals surface area contributed by atoms with Crippen molar-refractivity contribution in [3.8, 4) is 0 Å². The molecule has 0 aromatic heterocycles. The van der Waals surface area contributed by atoms with Gasteiger partial charge in [-0.3, -0.25) is 0 Å². The lowest BCUT2D eigenvalue weighted by Crippen LogP contribution is -2.55. The van der Waals surface area contributed by atoms with Gasteiger partial charge in [-0.15, -0.1) is 0 Å². The Labute approximate surface area is 110 Å². The van der Waals surface area contributed by atoms with Gasteiger partial charge in [-0.2, -0.15) is 0 Å². The molecule has 4 heteroatoms. The van der Waals surface area contributed by atoms with E-state index >= 15 is 0 Å². The molecule has 0 saturated carbocycles. The number of nitrogens with one attached hydrogen (secondary N) is 1. The van der Waals surface area contributed by atoms with Crippen molar-refractivity contribution in [2.24, 2.45) is 0 Å². The molecule has 17 heavy (non-hydrogen) atoms. The minimum Gasteiger partial charge on any atom is -0.389 e. The molecule has 0 unspecified atom stereocenters. The maximum absolute atomic E-state index is 13.2. The van der Waals surface area contributed by atoms with Crippen LogP contribution in [0.4, 0.5) is 4.39 Å². The third-order valence-electron chi connectivity index (χ3n) is 3.19. The number of hydrogen-bond acceptors (Lipinski definition) is 2. The first-order valence-corrected chi connectivity index (χ1v) is 6.33. The highest BCUT2D eigenvalue weighted by atomic mass is 79.9. The number of halogens is 2. The molecule has 96 valence electrons. The molecule has 0 heterocycles. The van der Waals surface area contributed by atoms with Gasteiger partial charge < -0.3 is 10.4 Å². The molecule has 0 spiro atoms. The van der Waals surface area contributed by atoms with Crippen LogP contribution in [0.15, 0.2) is 22.7 Å². The minimum absolute atomic E-state index is 0.266. The lowest BCUT2D eigenvalue weighted by atomic mass is 9.86. The van der Waals surface area contributed by atoms with Crippen molar-refractivity contribution in [1.29, 1.82) is 0 Å². The van der Waals surface area contributed by atoms with Crippen molar-refractivity contribution in [3.05, 3.63) is 34.1 Å². The van der Waals surface area contributed by atoms with E-state index < -0.39 is 11.1 Å². The minimum atomic E-state index is -0.850. The van der Waals surface area contributed by atoms with Crippen LogP contribution in [0.2, 0.25) is 0 Å². The van der Waals surface area contributed by atoms with E-state index in [0.717, 1.165) is 10.0 Å². The van der Waals surface area contributed by atoms with E-state index in [-0.39, 0.29) is 5.82 Å². The maximum Gasteiger partial charge on any atom is 0.124 e. The smallest absolute Gasteiger partial charge is 0.124 e. The number of aliphatic hydroxyl groups is 1. The van der Waals surface area contributed by atoms with E-state index in [1.165, 1.54) is 12.1 Å². The molecule has 1 aromatic carbocycles. The third-order valence-corrected chi connectivity index (χ3v) is 3.64. The van der Waals surface area contributed by atoms with E-state index in [4.69, 9.17) is 0 Å². The van der Waals surface area contributed by atoms with Gasteiger partial charge in [0.1, 0.15) is 5.82 Å². The van der Waals surface area contributed by atoms with Crippen LogP contribution in [-0.2, 0) is 6.54 Å². The Morgan fingerprint density at radius 1 is 1.24 bits per heavy atom. The summed E-state index contributed by atoms with van der Waals surface area (Å²) in [7, 11) is 0. The van der Waals surface area contributed by atoms with Crippen LogP contribution < -0.4 is 5.32 Å². The molecule has 0 aliphatic carbocycles. The average Bonchev–Trinajstić information content (AvgIpc) is 2.11. The van der Waals surface area contributed by atoms with Crippen molar-refractivity contribution in [3.63, 3.8) is 0 Å². The molecular weight excluding hydrogens is 285 g/mol. The SMILES string of the molecule is CC(C)(O)C(C)(C)NCc1cc(F)cc(Br)c1. The second-order valence-corrected chi connectivity index (χ2v) is 6.23. The van der Waals surface area contributed by atoms with Gasteiger partial charge in [0.05, 0.1) is 5.60 Å². The van der Waals surface area contributed by atoms with Crippen molar-refractivity contribution < 1.29 is 9.50 Å². The molecule has 1 rings (SSSR count). The molecule has 0 bridgehead atoms. The van der Waals surface area contributed by atoms with E-state index in [1.807, 2.05) is 19.9 Å². The molecule has 0 fully saturated rings. The summed E-state index contributed by atoms with van der Waals surface area (Å²) >= 11 is 3.26. The van der Waals surface area contributed by atoms with Crippen LogP contribution in [0.25, 0.3) is 0 Å². The predicted molar refractivity (Wildman–Crippen MR) is 71.3 cm³/mol. The fraction of sp³-hybridized carbons (Fsp3) is 0.538. The molecule has 0 atom stereocenters. The molecule has 0 saturated heterocycles. The first kappa shape index (κ1) is 14.6. The van der Waals surface area contributed by atoms with Crippen molar-refractivity contribution in [2.75, 3.05) is 0 Å². The Morgan fingerprint density at radius 3 is 2.29 bits per heavy atom. The Bertz CT molecular complexity index is 379. The molecular formula is C13H19BrFNO. The molecule has 2 nitrogen and oxygen atoms in total. The standard InChI is InChI=1S/C13H19BrFNO/c1-12(2,13(3,4)17)16-8-9-5-10(14)7-11(15)6-9/h5-7,16-17H,8H2,1-4H3. The average molecular weight is 304 g/mol. The van der Waals surface area contributed by atoms with Crippen LogP contribution in [0.5, 0.6) is 0 Å². The normalized spacial score (nSPS) is 12.9. The lowest BCUT2D eigenvalue weighted by Gasteiger charge is -2.38. The van der Waals surface area contributed by atoms with Gasteiger partial charge in [-0.1, -0.05) is 15.9 Å². The summed E-state index contributed by atoms with van der Waals surface area (Å²) in [5.74, 6) is -0.266. The molecule has 0 aliphatic rings. The van der Waals surface area contributed by atoms with E-state index in [9.17, 15) is 9.50 Å². The van der Waals surface area contributed by atoms with Gasteiger partial charge in [0.25, 0.3) is 0 Å². The Hall–Kier alpha value is -0.450. The monoisotopic (exact) mass is 303 g/mol. The molecule has 2 N–H and O–H groups in total. The van der Waals surface area contributed by atoms with Gasteiger partial charge in [-0.05, 0) is 51.5 Å². The molecule has 0 amide bonds. The van der Waals surface area contributed by atoms with E-state index in [2.05, 4.69) is 21.2 Å². The molecule has 0 aliphatic heterocycles. The first-order chi connectivity index (χ1) is 7.62. The Morgan fingerprint density at radius 2 is 1.82 bits per heavy atom. The zero-order valence-corrected chi connectivity index (χ0v) is 12.2. The number of benzene rings is 1. The van der Waals surface area contributed by atoms with E-state index in [1.54, 1.807) is 13.8 Å². The van der Waals surface area contributed by atoms with Crippen molar-refractivity contribution in [2.45, 2.75) is 45.4 Å². The second-order valence-electron chi connectivity index (χ2n) is 5.32. The highest BCUT2D eigenvalue weighted by Crippen LogP contribution is 2.22. The summed E-state index contributed by atoms with van der Waals surface area (Å²) in [6, 6.07) is 4.76. The summed E-state index contributed by atoms with van der Waals surface area (Å²) < 4.78 is 13.9. The Kier molecular flexibility index (Phi) is 4.33. The molecule has 0 radical (unpaired) electrons. The highest BCUT2D eigenvalue weighted by molar-refractivity contribution is 9.10. The summed E-state index contributed by atoms with van der Waals surface area (Å²) in [6.07, 6.45) is 0. The first-order valence-electron chi connectivity index (χ1n) is 5.54. The predicted octanol–water partition coefficient (Wildman–Crippen LogP) is 3.23. The fourth-order valence-electron chi connectivity index (χ4n) is 1.25. The third kappa shape index (κ3) is 4.05. The van der Waals surface area contributed by atoms with Crippen molar-refractivity contribution in [1.82, 2.24) is 5.32 Å². The summed E-state index contributed by atoms with van der Waals surface area (Å²) in [5.41, 5.74) is -0.460. The zero-order chi connectivity index (χ0) is 13.3. The fourth-order valence-corrected chi connectivity index (χ4v) is 1.77. The highest BCUT2D eigenvalue weighted by Gasteiger charge is 2.34. The topological polar surface area (TPSA) is 32.3 Å². The second kappa shape index (κ2) is 5.04. The van der Waals surface area contributed by atoms with Crippen LogP contribution in [0, 0.1) is 5.82 Å². The molecule has 1 aromatic rings. The largest absolute Gasteiger partial charge is 0.389 e. The summed E-state index contributed by atoms with van der Waals surface area (Å²) in [4.78, 5) is 0. The van der Waals surface area contributed by atoms with Gasteiger partial charge in [0, 0.05) is 16.6 Å². The van der Waals surface area contributed by atoms with Crippen LogP contribution in [0.3, 0.4) is 0 Å². The van der Waals surface area contributed by atoms with Crippen LogP contribution in [-0.4, -0.2) is 16.2 Å². The van der Waals surface area contributed by atoms with Crippen LogP contribution in [0.1, 0.15) is 33.3 Å². The maximum atomic E-state index is 13.2. The lowest BCUT2D eigenvalue weighted by molar-refractivity contribution is -0.00532. The summed E-state index contributed by atoms with van der Waals surface area (Å²) in [6.45, 7) is 7.85. The Balaban J connectivity index is 2.74. The van der Waals surface area contributed by atoms with Gasteiger partial charge in [-0.25, -0.2) is 4.39 Å². The van der Waals surface area contributed by atoms with Gasteiger partial charge >= 0.3 is 0 Å².